The Morgan fingerprint density at radius 2 is 1.81 bits per heavy atom. The van der Waals surface area contributed by atoms with Gasteiger partial charge in [-0.3, -0.25) is 20.9 Å². The van der Waals surface area contributed by atoms with Crippen molar-refractivity contribution in [2.45, 2.75) is 18.0 Å². The minimum atomic E-state index is -6.23. The van der Waals surface area contributed by atoms with E-state index in [4.69, 9.17) is 16.4 Å². The molecule has 0 heterocycles. The third kappa shape index (κ3) is 4.06. The number of nitro groups is 1. The lowest BCUT2D eigenvalue weighted by Crippen LogP contribution is -2.53. The zero-order valence-electron chi connectivity index (χ0n) is 12.7. The molecule has 27 heavy (non-hydrogen) atoms. The van der Waals surface area contributed by atoms with Crippen molar-refractivity contribution in [3.05, 3.63) is 33.9 Å². The molecule has 0 bridgehead atoms. The Morgan fingerprint density at radius 3 is 2.19 bits per heavy atom. The summed E-state index contributed by atoms with van der Waals surface area (Å²) in [6.07, 6.45) is -12.5. The quantitative estimate of drug-likeness (QED) is 0.195. The molecule has 15 heteroatoms. The van der Waals surface area contributed by atoms with Crippen LogP contribution in [0.1, 0.15) is 5.56 Å². The minimum absolute atomic E-state index is 0.140. The van der Waals surface area contributed by atoms with Crippen LogP contribution in [0.5, 0.6) is 0 Å². The predicted octanol–water partition coefficient (Wildman–Crippen LogP) is 2.13. The second-order valence-electron chi connectivity index (χ2n) is 4.79. The Hall–Kier alpha value is -3.41. The van der Waals surface area contributed by atoms with E-state index in [1.165, 1.54) is 6.07 Å². The third-order valence-electron chi connectivity index (χ3n) is 3.08. The fraction of sp³-hybridized carbons (Fsp3) is 0.250. The Morgan fingerprint density at radius 1 is 1.30 bits per heavy atom. The van der Waals surface area contributed by atoms with Gasteiger partial charge in [-0.05, 0) is 6.07 Å². The average Bonchev–Trinajstić information content (AvgIpc) is 2.52. The third-order valence-corrected chi connectivity index (χ3v) is 3.08. The van der Waals surface area contributed by atoms with Crippen molar-refractivity contribution in [1.29, 1.82) is 10.7 Å². The van der Waals surface area contributed by atoms with Crippen molar-refractivity contribution >= 4 is 22.9 Å². The molecule has 0 atom stereocenters. The monoisotopic (exact) mass is 398 g/mol. The van der Waals surface area contributed by atoms with Crippen LogP contribution >= 0.6 is 0 Å². The summed E-state index contributed by atoms with van der Waals surface area (Å²) in [6.45, 7) is 0. The van der Waals surface area contributed by atoms with Crippen LogP contribution in [0, 0.1) is 26.9 Å². The van der Waals surface area contributed by atoms with E-state index in [1.807, 2.05) is 5.43 Å². The highest BCUT2D eigenvalue weighted by Crippen LogP contribution is 2.50. The van der Waals surface area contributed by atoms with Crippen LogP contribution in [0.15, 0.2) is 23.3 Å². The van der Waals surface area contributed by atoms with Gasteiger partial charge in [0.2, 0.25) is 5.71 Å². The molecule has 1 aromatic carbocycles. The normalized spacial score (nSPS) is 13.0. The molecule has 0 fully saturated rings. The number of alkyl halides is 6. The number of hydrogen-bond donors (Lipinski definition) is 4. The minimum Gasteiger partial charge on any atom is -0.382 e. The van der Waals surface area contributed by atoms with Gasteiger partial charge < -0.3 is 10.8 Å². The van der Waals surface area contributed by atoms with E-state index >= 15 is 0 Å². The predicted molar refractivity (Wildman–Crippen MR) is 77.7 cm³/mol. The molecule has 0 aliphatic rings. The molecule has 1 aromatic rings. The Bertz CT molecular complexity index is 827. The summed E-state index contributed by atoms with van der Waals surface area (Å²) in [5, 5.41) is 39.1. The first-order chi connectivity index (χ1) is 12.2. The van der Waals surface area contributed by atoms with Crippen LogP contribution in [-0.2, 0) is 5.60 Å². The maximum Gasteiger partial charge on any atom is 0.430 e. The number of nitrogens with zero attached hydrogens (tertiary/aromatic N) is 3. The van der Waals surface area contributed by atoms with Crippen LogP contribution in [0.25, 0.3) is 0 Å². The number of benzene rings is 1. The van der Waals surface area contributed by atoms with E-state index in [-0.39, 0.29) is 12.1 Å². The first-order valence-corrected chi connectivity index (χ1v) is 6.39. The molecule has 0 spiro atoms. The fourth-order valence-electron chi connectivity index (χ4n) is 1.75. The van der Waals surface area contributed by atoms with E-state index in [0.29, 0.717) is 6.07 Å². The summed E-state index contributed by atoms with van der Waals surface area (Å²) in [5.41, 5.74) is -3.20. The number of nitrogens with one attached hydrogen (secondary N) is 2. The molecule has 1 rings (SSSR count). The summed E-state index contributed by atoms with van der Waals surface area (Å²) >= 11 is 0. The van der Waals surface area contributed by atoms with Gasteiger partial charge in [0.05, 0.1) is 4.92 Å². The summed E-state index contributed by atoms with van der Waals surface area (Å²) in [4.78, 5) is 9.65. The molecule has 0 unspecified atom stereocenters. The second kappa shape index (κ2) is 7.07. The summed E-state index contributed by atoms with van der Waals surface area (Å²) in [6, 6.07) is 1.74. The van der Waals surface area contributed by atoms with Crippen molar-refractivity contribution in [3.63, 3.8) is 0 Å². The lowest BCUT2D eigenvalue weighted by atomic mass is 9.91. The lowest BCUT2D eigenvalue weighted by molar-refractivity contribution is -0.386. The highest BCUT2D eigenvalue weighted by molar-refractivity contribution is 6.45. The van der Waals surface area contributed by atoms with Gasteiger partial charge in [-0.25, -0.2) is 0 Å². The van der Waals surface area contributed by atoms with Gasteiger partial charge in [0.25, 0.3) is 11.3 Å². The van der Waals surface area contributed by atoms with Crippen molar-refractivity contribution in [2.24, 2.45) is 10.8 Å². The largest absolute Gasteiger partial charge is 0.430 e. The standard InChI is InChI=1S/C12H8F6N6O3/c13-11(14,15)10(25,12(16,17)18)5-1-2-6(8(3-5)24(26)27)22-23-7(4-19)9(20)21/h1-3,22,25H,(H3,20,21)/b23-7+. The highest BCUT2D eigenvalue weighted by Gasteiger charge is 2.71. The number of hydrazone groups is 1. The van der Waals surface area contributed by atoms with Gasteiger partial charge in [0.1, 0.15) is 11.8 Å². The summed E-state index contributed by atoms with van der Waals surface area (Å²) < 4.78 is 77.1. The fourth-order valence-corrected chi connectivity index (χ4v) is 1.75. The molecule has 0 saturated carbocycles. The van der Waals surface area contributed by atoms with Crippen LogP contribution in [0.3, 0.4) is 0 Å². The van der Waals surface area contributed by atoms with Gasteiger partial charge in [0, 0.05) is 11.6 Å². The number of halogens is 6. The Balaban J connectivity index is 3.57. The highest BCUT2D eigenvalue weighted by atomic mass is 19.4. The molecular weight excluding hydrogens is 390 g/mol. The number of nitro benzene ring substituents is 1. The number of nitriles is 1. The molecule has 0 aliphatic heterocycles. The molecule has 146 valence electrons. The van der Waals surface area contributed by atoms with Gasteiger partial charge in [-0.1, -0.05) is 6.07 Å². The number of anilines is 1. The van der Waals surface area contributed by atoms with Gasteiger partial charge in [-0.2, -0.15) is 36.7 Å². The van der Waals surface area contributed by atoms with Gasteiger partial charge >= 0.3 is 12.4 Å². The topological polar surface area (TPSA) is 161 Å². The van der Waals surface area contributed by atoms with Crippen LogP contribution in [0.2, 0.25) is 0 Å². The number of hydrogen-bond acceptors (Lipinski definition) is 7. The maximum absolute atomic E-state index is 12.9. The average molecular weight is 398 g/mol. The number of nitrogens with two attached hydrogens (primary N) is 1. The van der Waals surface area contributed by atoms with Crippen molar-refractivity contribution in [2.75, 3.05) is 5.43 Å². The van der Waals surface area contributed by atoms with E-state index in [1.54, 1.807) is 0 Å². The van der Waals surface area contributed by atoms with E-state index in [0.717, 1.165) is 0 Å². The SMILES string of the molecule is N#C/C(=N\Nc1ccc(C(O)(C(F)(F)F)C(F)(F)F)cc1[N+](=O)[O-])C(=N)N. The van der Waals surface area contributed by atoms with Crippen molar-refractivity contribution < 1.29 is 36.4 Å². The van der Waals surface area contributed by atoms with Crippen molar-refractivity contribution in [1.82, 2.24) is 0 Å². The Kier molecular flexibility index (Phi) is 5.67. The molecule has 0 radical (unpaired) electrons. The van der Waals surface area contributed by atoms with Crippen LogP contribution in [0.4, 0.5) is 37.7 Å². The molecule has 0 aliphatic carbocycles. The molecule has 9 nitrogen and oxygen atoms in total. The molecular formula is C12H8F6N6O3. The summed E-state index contributed by atoms with van der Waals surface area (Å²) in [7, 11) is 0. The first kappa shape index (κ1) is 21.6. The molecule has 0 amide bonds. The Labute approximate surface area is 145 Å². The second-order valence-corrected chi connectivity index (χ2v) is 4.79. The zero-order chi connectivity index (χ0) is 21.2. The lowest BCUT2D eigenvalue weighted by Gasteiger charge is -2.32. The number of aliphatic hydroxyl groups is 1. The summed E-state index contributed by atoms with van der Waals surface area (Å²) in [5.74, 6) is -0.854. The van der Waals surface area contributed by atoms with Crippen LogP contribution < -0.4 is 11.2 Å². The molecule has 0 saturated heterocycles. The first-order valence-electron chi connectivity index (χ1n) is 6.39. The van der Waals surface area contributed by atoms with Crippen LogP contribution in [-0.4, -0.2) is 33.9 Å². The zero-order valence-corrected chi connectivity index (χ0v) is 12.7. The maximum atomic E-state index is 12.9. The van der Waals surface area contributed by atoms with E-state index in [9.17, 15) is 41.6 Å². The molecule has 0 aromatic heterocycles. The number of amidine groups is 1. The van der Waals surface area contributed by atoms with Crippen molar-refractivity contribution in [3.8, 4) is 6.07 Å². The molecule has 5 N–H and O–H groups in total. The van der Waals surface area contributed by atoms with E-state index < -0.39 is 51.4 Å². The number of rotatable bonds is 5. The van der Waals surface area contributed by atoms with Gasteiger partial charge in [-0.15, -0.1) is 0 Å². The van der Waals surface area contributed by atoms with E-state index in [2.05, 4.69) is 5.10 Å². The smallest absolute Gasteiger partial charge is 0.382 e. The van der Waals surface area contributed by atoms with Gasteiger partial charge in [0.15, 0.2) is 5.84 Å².